The second kappa shape index (κ2) is 13.2. The van der Waals surface area contributed by atoms with Crippen LogP contribution in [0.4, 0.5) is 17.1 Å². The summed E-state index contributed by atoms with van der Waals surface area (Å²) >= 11 is 0. The first-order valence-corrected chi connectivity index (χ1v) is 17.4. The third-order valence-corrected chi connectivity index (χ3v) is 9.55. The Morgan fingerprint density at radius 2 is 1.48 bits per heavy atom. The third kappa shape index (κ3) is 7.37. The van der Waals surface area contributed by atoms with Gasteiger partial charge in [-0.1, -0.05) is 63.2 Å². The van der Waals surface area contributed by atoms with Crippen LogP contribution >= 0.6 is 0 Å². The fourth-order valence-electron chi connectivity index (χ4n) is 4.82. The number of aromatic hydroxyl groups is 1. The van der Waals surface area contributed by atoms with Gasteiger partial charge < -0.3 is 15.2 Å². The molecule has 5 aromatic carbocycles. The van der Waals surface area contributed by atoms with Crippen molar-refractivity contribution in [3.05, 3.63) is 108 Å². The average molecular weight is 690 g/mol. The number of hydrogen-bond acceptors (Lipinski definition) is 9. The smallest absolute Gasteiger partial charge is 0.296 e. The average Bonchev–Trinajstić information content (AvgIpc) is 3.04. The van der Waals surface area contributed by atoms with E-state index in [1.807, 2.05) is 12.1 Å². The zero-order valence-electron chi connectivity index (χ0n) is 25.9. The van der Waals surface area contributed by atoms with E-state index in [9.17, 15) is 35.8 Å². The van der Waals surface area contributed by atoms with Crippen LogP contribution in [0.15, 0.2) is 117 Å². The third-order valence-electron chi connectivity index (χ3n) is 7.85. The normalized spacial score (nSPS) is 12.4. The van der Waals surface area contributed by atoms with Gasteiger partial charge in [-0.2, -0.15) is 16.8 Å². The summed E-state index contributed by atoms with van der Waals surface area (Å²) in [6.45, 7) is 6.37. The van der Waals surface area contributed by atoms with Crippen LogP contribution in [0, 0.1) is 0 Å². The molecule has 48 heavy (non-hydrogen) atoms. The fourth-order valence-corrected chi connectivity index (χ4v) is 6.02. The number of hydrogen-bond donors (Lipinski definition) is 4. The van der Waals surface area contributed by atoms with Crippen LogP contribution < -0.4 is 10.1 Å². The molecule has 4 N–H and O–H groups in total. The van der Waals surface area contributed by atoms with Crippen LogP contribution in [0.5, 0.6) is 17.2 Å². The minimum Gasteiger partial charge on any atom is -0.505 e. The molecule has 12 nitrogen and oxygen atoms in total. The highest BCUT2D eigenvalue weighted by Gasteiger charge is 2.26. The summed E-state index contributed by atoms with van der Waals surface area (Å²) in [6, 6.07) is 24.4. The molecule has 5 aromatic rings. The summed E-state index contributed by atoms with van der Waals surface area (Å²) in [7, 11) is -9.98. The summed E-state index contributed by atoms with van der Waals surface area (Å²) < 4.78 is 75.0. The van der Waals surface area contributed by atoms with E-state index in [0.717, 1.165) is 30.2 Å². The first kappa shape index (κ1) is 34.2. The van der Waals surface area contributed by atoms with E-state index in [1.165, 1.54) is 18.2 Å². The predicted octanol–water partition coefficient (Wildman–Crippen LogP) is 8.19. The van der Waals surface area contributed by atoms with E-state index in [1.54, 1.807) is 48.5 Å². The van der Waals surface area contributed by atoms with Crippen molar-refractivity contribution in [2.45, 2.75) is 42.4 Å². The van der Waals surface area contributed by atoms with Gasteiger partial charge in [-0.05, 0) is 77.4 Å². The van der Waals surface area contributed by atoms with Crippen molar-refractivity contribution >= 4 is 54.0 Å². The highest BCUT2D eigenvalue weighted by Crippen LogP contribution is 2.46. The van der Waals surface area contributed by atoms with E-state index in [-0.39, 0.29) is 38.9 Å². The number of carbonyl (C=O) groups excluding carboxylic acids is 1. The Labute approximate surface area is 277 Å². The predicted molar refractivity (Wildman–Crippen MR) is 180 cm³/mol. The number of amides is 1. The molecule has 0 aliphatic heterocycles. The molecule has 0 aliphatic carbocycles. The largest absolute Gasteiger partial charge is 0.505 e. The number of nitrogens with one attached hydrogen (secondary N) is 1. The van der Waals surface area contributed by atoms with Crippen molar-refractivity contribution in [1.82, 2.24) is 0 Å². The SMILES string of the molecule is CCC(C)(C)c1ccc(Oc2ccccc2/N=N/c2c(S(=O)(=O)O)cc3cc(S(=O)(=O)O)cc(NC(=O)c4ccccc4)c3c2O)cc1. The Kier molecular flexibility index (Phi) is 9.37. The topological polar surface area (TPSA) is 192 Å². The zero-order chi connectivity index (χ0) is 34.9. The molecule has 0 atom stereocenters. The number of phenolic OH excluding ortho intramolecular Hbond substituents is 1. The standard InChI is InChI=1S/C34H31N3O9S2/c1-4-34(2,3)23-14-16-24(17-15-23)46-28-13-9-8-12-26(28)36-37-31-29(48(43,44)45)19-22-18-25(47(40,41)42)20-27(30(22)32(31)38)35-33(39)21-10-6-5-7-11-21/h5-20,38H,4H2,1-3H3,(H,35,39)(H,40,41,42)(H,43,44,45)/b37-36+. The summed E-state index contributed by atoms with van der Waals surface area (Å²) in [5, 5.41) is 21.5. The Balaban J connectivity index is 1.62. The molecule has 14 heteroatoms. The first-order valence-electron chi connectivity index (χ1n) is 14.5. The van der Waals surface area contributed by atoms with Gasteiger partial charge in [0.15, 0.2) is 11.5 Å². The van der Waals surface area contributed by atoms with Gasteiger partial charge in [0.1, 0.15) is 22.0 Å². The van der Waals surface area contributed by atoms with Gasteiger partial charge in [-0.3, -0.25) is 13.9 Å². The van der Waals surface area contributed by atoms with Crippen LogP contribution in [-0.2, 0) is 25.7 Å². The molecule has 248 valence electrons. The highest BCUT2D eigenvalue weighted by molar-refractivity contribution is 7.86. The Morgan fingerprint density at radius 3 is 2.10 bits per heavy atom. The zero-order valence-corrected chi connectivity index (χ0v) is 27.6. The highest BCUT2D eigenvalue weighted by atomic mass is 32.2. The molecule has 0 unspecified atom stereocenters. The monoisotopic (exact) mass is 689 g/mol. The van der Waals surface area contributed by atoms with Crippen molar-refractivity contribution in [3.63, 3.8) is 0 Å². The number of fused-ring (bicyclic) bond motifs is 1. The molecule has 0 aliphatic rings. The number of azo groups is 1. The number of para-hydroxylation sites is 1. The quantitative estimate of drug-likeness (QED) is 0.0826. The number of nitrogens with zero attached hydrogens (tertiary/aromatic N) is 2. The lowest BCUT2D eigenvalue weighted by Crippen LogP contribution is -2.14. The molecular formula is C34H31N3O9S2. The van der Waals surface area contributed by atoms with Gasteiger partial charge in [0, 0.05) is 10.9 Å². The van der Waals surface area contributed by atoms with E-state index in [2.05, 4.69) is 36.3 Å². The summed E-state index contributed by atoms with van der Waals surface area (Å²) in [5.41, 5.74) is 0.393. The van der Waals surface area contributed by atoms with Gasteiger partial charge in [0.25, 0.3) is 26.1 Å². The van der Waals surface area contributed by atoms with Crippen molar-refractivity contribution < 1.29 is 40.6 Å². The lowest BCUT2D eigenvalue weighted by Gasteiger charge is -2.23. The molecule has 0 saturated carbocycles. The van der Waals surface area contributed by atoms with E-state index < -0.39 is 47.4 Å². The molecular weight excluding hydrogens is 659 g/mol. The maximum absolute atomic E-state index is 13.0. The second-order valence-corrected chi connectivity index (χ2v) is 14.3. The molecule has 5 rings (SSSR count). The molecule has 0 heterocycles. The lowest BCUT2D eigenvalue weighted by atomic mass is 9.82. The molecule has 0 spiro atoms. The lowest BCUT2D eigenvalue weighted by molar-refractivity contribution is 0.102. The minimum atomic E-state index is -5.10. The fraction of sp³-hybridized carbons (Fsp3) is 0.147. The van der Waals surface area contributed by atoms with Crippen molar-refractivity contribution in [1.29, 1.82) is 0 Å². The minimum absolute atomic E-state index is 0.0323. The van der Waals surface area contributed by atoms with Crippen LogP contribution in [0.2, 0.25) is 0 Å². The molecule has 0 fully saturated rings. The van der Waals surface area contributed by atoms with E-state index in [0.29, 0.717) is 5.75 Å². The maximum atomic E-state index is 13.0. The van der Waals surface area contributed by atoms with E-state index >= 15 is 0 Å². The van der Waals surface area contributed by atoms with Crippen molar-refractivity contribution in [2.24, 2.45) is 10.2 Å². The number of anilines is 1. The Bertz CT molecular complexity index is 2270. The Morgan fingerprint density at radius 1 is 0.833 bits per heavy atom. The number of benzene rings is 5. The van der Waals surface area contributed by atoms with Crippen molar-refractivity contribution in [3.8, 4) is 17.2 Å². The number of rotatable bonds is 10. The van der Waals surface area contributed by atoms with Gasteiger partial charge in [0.2, 0.25) is 0 Å². The van der Waals surface area contributed by atoms with E-state index in [4.69, 9.17) is 4.74 Å². The van der Waals surface area contributed by atoms with Gasteiger partial charge in [0.05, 0.1) is 10.6 Å². The maximum Gasteiger partial charge on any atom is 0.296 e. The second-order valence-electron chi connectivity index (χ2n) is 11.4. The van der Waals surface area contributed by atoms with Crippen LogP contribution in [0.25, 0.3) is 10.8 Å². The van der Waals surface area contributed by atoms with Gasteiger partial charge in [-0.15, -0.1) is 10.2 Å². The number of ether oxygens (including phenoxy) is 1. The van der Waals surface area contributed by atoms with Crippen LogP contribution in [-0.4, -0.2) is 37.0 Å². The summed E-state index contributed by atoms with van der Waals surface area (Å²) in [6.07, 6.45) is 0.937. The van der Waals surface area contributed by atoms with Crippen molar-refractivity contribution in [2.75, 3.05) is 5.32 Å². The van der Waals surface area contributed by atoms with Gasteiger partial charge in [-0.25, -0.2) is 0 Å². The molecule has 0 aromatic heterocycles. The van der Waals surface area contributed by atoms with Gasteiger partial charge >= 0.3 is 0 Å². The summed E-state index contributed by atoms with van der Waals surface area (Å²) in [5.74, 6) is -0.829. The molecule has 0 bridgehead atoms. The number of phenols is 1. The van der Waals surface area contributed by atoms with Crippen LogP contribution in [0.1, 0.15) is 43.1 Å². The first-order chi connectivity index (χ1) is 22.6. The van der Waals surface area contributed by atoms with Crippen LogP contribution in [0.3, 0.4) is 0 Å². The number of carbonyl (C=O) groups is 1. The Hall–Kier alpha value is -5.15. The molecule has 0 saturated heterocycles. The molecule has 0 radical (unpaired) electrons. The molecule has 1 amide bonds. The summed E-state index contributed by atoms with van der Waals surface area (Å²) in [4.78, 5) is 11.4.